The molecule has 2 aromatic rings. The first-order valence-corrected chi connectivity index (χ1v) is 9.81. The van der Waals surface area contributed by atoms with Crippen LogP contribution in [0.3, 0.4) is 0 Å². The highest BCUT2D eigenvalue weighted by Crippen LogP contribution is 2.27. The largest absolute Gasteiger partial charge is 0.493 e. The number of nitrogens with zero attached hydrogens (tertiary/aromatic N) is 1. The second-order valence-corrected chi connectivity index (χ2v) is 7.77. The van der Waals surface area contributed by atoms with Crippen LogP contribution in [0.15, 0.2) is 58.5 Å². The van der Waals surface area contributed by atoms with Crippen molar-refractivity contribution < 1.29 is 17.9 Å². The zero-order chi connectivity index (χ0) is 19.0. The molecule has 7 heteroatoms. The number of benzene rings is 2. The maximum Gasteiger partial charge on any atom is 0.276 e. The van der Waals surface area contributed by atoms with Gasteiger partial charge in [0.2, 0.25) is 0 Å². The van der Waals surface area contributed by atoms with Crippen molar-refractivity contribution in [3.05, 3.63) is 54.1 Å². The number of hydrogen-bond donors (Lipinski definition) is 1. The lowest BCUT2D eigenvalue weighted by molar-refractivity contribution is 0.273. The highest BCUT2D eigenvalue weighted by molar-refractivity contribution is 7.89. The average molecular weight is 376 g/mol. The van der Waals surface area contributed by atoms with Crippen LogP contribution in [-0.2, 0) is 10.0 Å². The molecule has 0 aromatic heterocycles. The van der Waals surface area contributed by atoms with Crippen molar-refractivity contribution in [2.45, 2.75) is 25.2 Å². The molecular formula is C19H24N2O4S. The molecule has 0 bridgehead atoms. The first kappa shape index (κ1) is 19.8. The normalized spacial score (nSPS) is 11.7. The molecule has 140 valence electrons. The van der Waals surface area contributed by atoms with E-state index in [0.29, 0.717) is 29.6 Å². The molecule has 0 fully saturated rings. The second-order valence-electron chi connectivity index (χ2n) is 6.11. The summed E-state index contributed by atoms with van der Waals surface area (Å²) in [6, 6.07) is 13.4. The van der Waals surface area contributed by atoms with Crippen LogP contribution in [0.1, 0.15) is 25.8 Å². The second kappa shape index (κ2) is 9.24. The van der Waals surface area contributed by atoms with E-state index in [4.69, 9.17) is 9.47 Å². The van der Waals surface area contributed by atoms with Gasteiger partial charge in [-0.2, -0.15) is 13.5 Å². The molecule has 26 heavy (non-hydrogen) atoms. The maximum absolute atomic E-state index is 12.1. The molecule has 0 aliphatic heterocycles. The molecule has 0 spiro atoms. The van der Waals surface area contributed by atoms with Gasteiger partial charge in [0.1, 0.15) is 0 Å². The average Bonchev–Trinajstić information content (AvgIpc) is 2.63. The smallest absolute Gasteiger partial charge is 0.276 e. The first-order valence-electron chi connectivity index (χ1n) is 8.33. The quantitative estimate of drug-likeness (QED) is 0.537. The van der Waals surface area contributed by atoms with E-state index in [9.17, 15) is 8.42 Å². The third-order valence-corrected chi connectivity index (χ3v) is 4.82. The topological polar surface area (TPSA) is 77.0 Å². The van der Waals surface area contributed by atoms with Gasteiger partial charge in [-0.3, -0.25) is 0 Å². The van der Waals surface area contributed by atoms with Crippen LogP contribution in [-0.4, -0.2) is 28.3 Å². The predicted octanol–water partition coefficient (Wildman–Crippen LogP) is 3.43. The molecule has 1 N–H and O–H groups in total. The van der Waals surface area contributed by atoms with Crippen LogP contribution in [0.2, 0.25) is 0 Å². The Morgan fingerprint density at radius 1 is 1.12 bits per heavy atom. The van der Waals surface area contributed by atoms with Gasteiger partial charge in [0, 0.05) is 0 Å². The summed E-state index contributed by atoms with van der Waals surface area (Å²) >= 11 is 0. The maximum atomic E-state index is 12.1. The third-order valence-electron chi connectivity index (χ3n) is 3.58. The van der Waals surface area contributed by atoms with Crippen molar-refractivity contribution in [1.29, 1.82) is 0 Å². The molecule has 0 aliphatic carbocycles. The fraction of sp³-hybridized carbons (Fsp3) is 0.316. The number of nitrogens with one attached hydrogen (secondary N) is 1. The number of methoxy groups -OCH3 is 1. The van der Waals surface area contributed by atoms with E-state index in [-0.39, 0.29) is 4.90 Å². The first-order chi connectivity index (χ1) is 12.4. The zero-order valence-electron chi connectivity index (χ0n) is 15.2. The van der Waals surface area contributed by atoms with Crippen molar-refractivity contribution in [1.82, 2.24) is 4.83 Å². The highest BCUT2D eigenvalue weighted by atomic mass is 32.2. The Labute approximate surface area is 154 Å². The molecule has 0 radical (unpaired) electrons. The minimum Gasteiger partial charge on any atom is -0.493 e. The van der Waals surface area contributed by atoms with E-state index >= 15 is 0 Å². The number of rotatable bonds is 9. The zero-order valence-corrected chi connectivity index (χ0v) is 16.0. The molecule has 0 saturated carbocycles. The van der Waals surface area contributed by atoms with Crippen molar-refractivity contribution >= 4 is 16.2 Å². The monoisotopic (exact) mass is 376 g/mol. The van der Waals surface area contributed by atoms with Gasteiger partial charge in [0.05, 0.1) is 24.8 Å². The molecule has 2 rings (SSSR count). The van der Waals surface area contributed by atoms with Gasteiger partial charge in [0.15, 0.2) is 11.5 Å². The third kappa shape index (κ3) is 5.77. The molecule has 0 heterocycles. The molecule has 6 nitrogen and oxygen atoms in total. The van der Waals surface area contributed by atoms with Crippen LogP contribution in [0.25, 0.3) is 0 Å². The van der Waals surface area contributed by atoms with Gasteiger partial charge in [-0.05, 0) is 48.2 Å². The SMILES string of the molecule is COc1cc(C=NNS(=O)(=O)c2ccccc2)ccc1OCCC(C)C. The minimum atomic E-state index is -3.68. The number of hydrogen-bond acceptors (Lipinski definition) is 5. The van der Waals surface area contributed by atoms with E-state index in [1.165, 1.54) is 18.3 Å². The summed E-state index contributed by atoms with van der Waals surface area (Å²) in [5.74, 6) is 1.78. The number of ether oxygens (including phenoxy) is 2. The Bertz CT molecular complexity index is 834. The van der Waals surface area contributed by atoms with Crippen molar-refractivity contribution in [2.24, 2.45) is 11.0 Å². The summed E-state index contributed by atoms with van der Waals surface area (Å²) in [7, 11) is -2.12. The van der Waals surface area contributed by atoms with Crippen molar-refractivity contribution in [3.63, 3.8) is 0 Å². The van der Waals surface area contributed by atoms with Crippen molar-refractivity contribution in [3.8, 4) is 11.5 Å². The van der Waals surface area contributed by atoms with E-state index in [2.05, 4.69) is 23.8 Å². The molecule has 0 atom stereocenters. The number of sulfonamides is 1. The van der Waals surface area contributed by atoms with Crippen molar-refractivity contribution in [2.75, 3.05) is 13.7 Å². The Morgan fingerprint density at radius 3 is 2.50 bits per heavy atom. The minimum absolute atomic E-state index is 0.156. The summed E-state index contributed by atoms with van der Waals surface area (Å²) < 4.78 is 35.3. The molecule has 0 saturated heterocycles. The molecule has 0 unspecified atom stereocenters. The van der Waals surface area contributed by atoms with Gasteiger partial charge in [-0.25, -0.2) is 4.83 Å². The summed E-state index contributed by atoms with van der Waals surface area (Å²) in [5.41, 5.74) is 0.689. The molecule has 0 amide bonds. The standard InChI is InChI=1S/C19H24N2O4S/c1-15(2)11-12-25-18-10-9-16(13-19(18)24-3)14-20-21-26(22,23)17-7-5-4-6-8-17/h4-10,13-15,21H,11-12H2,1-3H3. The van der Waals surface area contributed by atoms with E-state index in [1.807, 2.05) is 0 Å². The van der Waals surface area contributed by atoms with Gasteiger partial charge in [-0.15, -0.1) is 0 Å². The van der Waals surface area contributed by atoms with Crippen LogP contribution in [0.4, 0.5) is 0 Å². The summed E-state index contributed by atoms with van der Waals surface area (Å²) in [6.07, 6.45) is 2.37. The summed E-state index contributed by atoms with van der Waals surface area (Å²) in [4.78, 5) is 2.35. The lowest BCUT2D eigenvalue weighted by Crippen LogP contribution is -2.18. The molecule has 2 aromatic carbocycles. The highest BCUT2D eigenvalue weighted by Gasteiger charge is 2.11. The van der Waals surface area contributed by atoms with E-state index in [1.54, 1.807) is 43.5 Å². The predicted molar refractivity (Wildman–Crippen MR) is 102 cm³/mol. The van der Waals surface area contributed by atoms with Crippen LogP contribution in [0, 0.1) is 5.92 Å². The van der Waals surface area contributed by atoms with E-state index in [0.717, 1.165) is 6.42 Å². The van der Waals surface area contributed by atoms with Crippen LogP contribution in [0.5, 0.6) is 11.5 Å². The lowest BCUT2D eigenvalue weighted by atomic mass is 10.1. The van der Waals surface area contributed by atoms with Gasteiger partial charge in [0.25, 0.3) is 10.0 Å². The van der Waals surface area contributed by atoms with Gasteiger partial charge >= 0.3 is 0 Å². The Hall–Kier alpha value is -2.54. The summed E-state index contributed by atoms with van der Waals surface area (Å²) in [6.45, 7) is 4.88. The number of hydrazone groups is 1. The van der Waals surface area contributed by atoms with Crippen LogP contribution >= 0.6 is 0 Å². The molecule has 0 aliphatic rings. The van der Waals surface area contributed by atoms with Crippen LogP contribution < -0.4 is 14.3 Å². The fourth-order valence-corrected chi connectivity index (χ4v) is 2.92. The van der Waals surface area contributed by atoms with Gasteiger partial charge < -0.3 is 9.47 Å². The lowest BCUT2D eigenvalue weighted by Gasteiger charge is -2.12. The molecular weight excluding hydrogens is 352 g/mol. The van der Waals surface area contributed by atoms with Gasteiger partial charge in [-0.1, -0.05) is 32.0 Å². The van der Waals surface area contributed by atoms with E-state index < -0.39 is 10.0 Å². The Kier molecular flexibility index (Phi) is 7.03. The Balaban J connectivity index is 2.04. The Morgan fingerprint density at radius 2 is 1.85 bits per heavy atom. The summed E-state index contributed by atoms with van der Waals surface area (Å²) in [5, 5.41) is 3.82. The fourth-order valence-electron chi connectivity index (χ4n) is 2.11.